The zero-order chi connectivity index (χ0) is 13.2. The highest BCUT2D eigenvalue weighted by Gasteiger charge is 2.42. The summed E-state index contributed by atoms with van der Waals surface area (Å²) in [4.78, 5) is 2.70. The number of fused-ring (bicyclic) bond motifs is 1. The lowest BCUT2D eigenvalue weighted by Gasteiger charge is -2.37. The molecule has 1 aliphatic heterocycles. The Balaban J connectivity index is 2.53. The summed E-state index contributed by atoms with van der Waals surface area (Å²) in [5, 5.41) is 3.81. The predicted molar refractivity (Wildman–Crippen MR) is 63.3 cm³/mol. The number of ether oxygens (including phenoxy) is 1. The van der Waals surface area contributed by atoms with Gasteiger partial charge in [0.25, 0.3) is 0 Å². The predicted octanol–water partition coefficient (Wildman–Crippen LogP) is 4.15. The van der Waals surface area contributed by atoms with Crippen LogP contribution in [0.15, 0.2) is 23.3 Å². The highest BCUT2D eigenvalue weighted by Crippen LogP contribution is 2.45. The molecule has 7 heteroatoms. The third-order valence-electron chi connectivity index (χ3n) is 2.92. The lowest BCUT2D eigenvalue weighted by molar-refractivity contribution is -0.00764. The number of para-hydroxylation sites is 1. The van der Waals surface area contributed by atoms with Crippen LogP contribution < -0.4 is 4.74 Å². The molecule has 0 saturated carbocycles. The Hall–Kier alpha value is -1.52. The summed E-state index contributed by atoms with van der Waals surface area (Å²) < 4.78 is 31.4. The molecule has 18 heavy (non-hydrogen) atoms. The first-order valence-corrected chi connectivity index (χ1v) is 5.67. The topological polar surface area (TPSA) is 58.0 Å². The SMILES string of the molecule is [N-]=[N+]=N[C@@H]1CC(CF)(CF)Oc2c(Cl)cccc21. The standard InChI is InChI=1S/C11H10ClF2N3O/c12-8-3-1-2-7-9(16-17-15)4-11(5-13,6-14)18-10(7)8/h1-3,9H,4-6H2/t9-/m1/s1. The minimum Gasteiger partial charge on any atom is -0.480 e. The van der Waals surface area contributed by atoms with E-state index in [2.05, 4.69) is 10.0 Å². The molecular weight excluding hydrogens is 264 g/mol. The van der Waals surface area contributed by atoms with Crippen molar-refractivity contribution in [2.24, 2.45) is 5.11 Å². The maximum absolute atomic E-state index is 13.0. The Bertz CT molecular complexity index is 501. The molecule has 0 aliphatic carbocycles. The molecule has 0 fully saturated rings. The van der Waals surface area contributed by atoms with Gasteiger partial charge < -0.3 is 4.74 Å². The number of azide groups is 1. The van der Waals surface area contributed by atoms with Gasteiger partial charge in [0, 0.05) is 16.9 Å². The van der Waals surface area contributed by atoms with Crippen molar-refractivity contribution in [3.05, 3.63) is 39.2 Å². The van der Waals surface area contributed by atoms with Crippen LogP contribution in [-0.4, -0.2) is 19.0 Å². The molecular formula is C11H10ClF2N3O. The third kappa shape index (κ3) is 2.09. The third-order valence-corrected chi connectivity index (χ3v) is 3.22. The van der Waals surface area contributed by atoms with Crippen molar-refractivity contribution in [1.82, 2.24) is 0 Å². The van der Waals surface area contributed by atoms with E-state index < -0.39 is 25.0 Å². The molecule has 1 aliphatic rings. The molecule has 0 aromatic heterocycles. The smallest absolute Gasteiger partial charge is 0.166 e. The molecule has 96 valence electrons. The van der Waals surface area contributed by atoms with E-state index >= 15 is 0 Å². The van der Waals surface area contributed by atoms with Crippen LogP contribution in [0.4, 0.5) is 8.78 Å². The van der Waals surface area contributed by atoms with Gasteiger partial charge in [-0.1, -0.05) is 28.8 Å². The van der Waals surface area contributed by atoms with Gasteiger partial charge >= 0.3 is 0 Å². The molecule has 0 saturated heterocycles. The Kier molecular flexibility index (Phi) is 3.59. The van der Waals surface area contributed by atoms with Gasteiger partial charge in [0.15, 0.2) is 5.60 Å². The molecule has 4 nitrogen and oxygen atoms in total. The zero-order valence-electron chi connectivity index (χ0n) is 9.31. The van der Waals surface area contributed by atoms with Crippen molar-refractivity contribution in [3.63, 3.8) is 0 Å². The molecule has 0 bridgehead atoms. The van der Waals surface area contributed by atoms with Gasteiger partial charge in [0.1, 0.15) is 19.1 Å². The lowest BCUT2D eigenvalue weighted by atomic mass is 9.89. The summed E-state index contributed by atoms with van der Waals surface area (Å²) in [6.45, 7) is -2.02. The number of nitrogens with zero attached hydrogens (tertiary/aromatic N) is 3. The molecule has 1 atom stereocenters. The van der Waals surface area contributed by atoms with Crippen LogP contribution in [0.1, 0.15) is 18.0 Å². The number of hydrogen-bond acceptors (Lipinski definition) is 2. The normalized spacial score (nSPS) is 20.5. The Morgan fingerprint density at radius 3 is 2.83 bits per heavy atom. The summed E-state index contributed by atoms with van der Waals surface area (Å²) >= 11 is 5.94. The van der Waals surface area contributed by atoms with Gasteiger partial charge in [-0.05, 0) is 11.6 Å². The van der Waals surface area contributed by atoms with E-state index in [0.717, 1.165) is 0 Å². The fraction of sp³-hybridized carbons (Fsp3) is 0.455. The van der Waals surface area contributed by atoms with Crippen molar-refractivity contribution in [3.8, 4) is 5.75 Å². The molecule has 1 heterocycles. The maximum atomic E-state index is 13.0. The molecule has 0 N–H and O–H groups in total. The van der Waals surface area contributed by atoms with Gasteiger partial charge in [0.05, 0.1) is 11.1 Å². The molecule has 1 aromatic carbocycles. The van der Waals surface area contributed by atoms with E-state index in [1.54, 1.807) is 18.2 Å². The first-order valence-electron chi connectivity index (χ1n) is 5.29. The van der Waals surface area contributed by atoms with Gasteiger partial charge in [-0.2, -0.15) is 0 Å². The van der Waals surface area contributed by atoms with E-state index in [4.69, 9.17) is 21.9 Å². The summed E-state index contributed by atoms with van der Waals surface area (Å²) in [6, 6.07) is 4.22. The quantitative estimate of drug-likeness (QED) is 0.463. The largest absolute Gasteiger partial charge is 0.480 e. The second-order valence-corrected chi connectivity index (χ2v) is 4.54. The number of benzene rings is 1. The van der Waals surface area contributed by atoms with E-state index in [1.807, 2.05) is 0 Å². The van der Waals surface area contributed by atoms with Gasteiger partial charge in [0.2, 0.25) is 0 Å². The zero-order valence-corrected chi connectivity index (χ0v) is 10.1. The average Bonchev–Trinajstić information content (AvgIpc) is 2.40. The van der Waals surface area contributed by atoms with Crippen LogP contribution in [0.3, 0.4) is 0 Å². The van der Waals surface area contributed by atoms with Crippen molar-refractivity contribution in [2.45, 2.75) is 18.1 Å². The van der Waals surface area contributed by atoms with Crippen LogP contribution in [0.25, 0.3) is 10.4 Å². The van der Waals surface area contributed by atoms with Crippen LogP contribution >= 0.6 is 11.6 Å². The minimum absolute atomic E-state index is 0.0442. The summed E-state index contributed by atoms with van der Waals surface area (Å²) in [7, 11) is 0. The van der Waals surface area contributed by atoms with Crippen LogP contribution in [0.5, 0.6) is 5.75 Å². The molecule has 0 spiro atoms. The van der Waals surface area contributed by atoms with Crippen molar-refractivity contribution in [2.75, 3.05) is 13.3 Å². The van der Waals surface area contributed by atoms with Crippen molar-refractivity contribution >= 4 is 11.6 Å². The number of alkyl halides is 2. The first-order chi connectivity index (χ1) is 8.65. The molecule has 0 radical (unpaired) electrons. The molecule has 2 rings (SSSR count). The fourth-order valence-corrected chi connectivity index (χ4v) is 2.20. The summed E-state index contributed by atoms with van der Waals surface area (Å²) in [5.41, 5.74) is 7.47. The average molecular weight is 274 g/mol. The van der Waals surface area contributed by atoms with E-state index in [-0.39, 0.29) is 17.2 Å². The highest BCUT2D eigenvalue weighted by molar-refractivity contribution is 6.32. The maximum Gasteiger partial charge on any atom is 0.166 e. The van der Waals surface area contributed by atoms with Gasteiger partial charge in [-0.15, -0.1) is 0 Å². The van der Waals surface area contributed by atoms with Crippen molar-refractivity contribution < 1.29 is 13.5 Å². The Morgan fingerprint density at radius 1 is 1.50 bits per heavy atom. The van der Waals surface area contributed by atoms with E-state index in [1.165, 1.54) is 0 Å². The summed E-state index contributed by atoms with van der Waals surface area (Å²) in [6.07, 6.45) is -0.0442. The fourth-order valence-electron chi connectivity index (χ4n) is 1.98. The first kappa shape index (κ1) is 12.9. The van der Waals surface area contributed by atoms with E-state index in [9.17, 15) is 8.78 Å². The number of hydrogen-bond donors (Lipinski definition) is 0. The Morgan fingerprint density at radius 2 is 2.22 bits per heavy atom. The van der Waals surface area contributed by atoms with Crippen LogP contribution in [0.2, 0.25) is 5.02 Å². The molecule has 0 amide bonds. The Labute approximate surface area is 107 Å². The van der Waals surface area contributed by atoms with Gasteiger partial charge in [-0.3, -0.25) is 0 Å². The van der Waals surface area contributed by atoms with Crippen LogP contribution in [-0.2, 0) is 0 Å². The number of halogens is 3. The highest BCUT2D eigenvalue weighted by atomic mass is 35.5. The second-order valence-electron chi connectivity index (χ2n) is 4.14. The molecule has 1 aromatic rings. The van der Waals surface area contributed by atoms with Crippen molar-refractivity contribution in [1.29, 1.82) is 0 Å². The summed E-state index contributed by atoms with van der Waals surface area (Å²) in [5.74, 6) is 0.193. The van der Waals surface area contributed by atoms with Crippen LogP contribution in [0, 0.1) is 0 Å². The van der Waals surface area contributed by atoms with Gasteiger partial charge in [-0.25, -0.2) is 8.78 Å². The monoisotopic (exact) mass is 273 g/mol. The lowest BCUT2D eigenvalue weighted by Crippen LogP contribution is -2.45. The molecule has 0 unspecified atom stereocenters. The number of rotatable bonds is 3. The van der Waals surface area contributed by atoms with E-state index in [0.29, 0.717) is 5.56 Å². The second kappa shape index (κ2) is 5.00. The minimum atomic E-state index is -1.61.